The lowest BCUT2D eigenvalue weighted by atomic mass is 9.58. The third-order valence-electron chi connectivity index (χ3n) is 10.6. The van der Waals surface area contributed by atoms with Crippen molar-refractivity contribution in [2.45, 2.75) is 97.9 Å². The van der Waals surface area contributed by atoms with Crippen LogP contribution in [0.25, 0.3) is 0 Å². The van der Waals surface area contributed by atoms with Crippen LogP contribution in [-0.4, -0.2) is 57.6 Å². The molecule has 8 heteroatoms. The van der Waals surface area contributed by atoms with Crippen LogP contribution in [0.15, 0.2) is 27.8 Å². The number of aliphatic hydroxyl groups is 2. The van der Waals surface area contributed by atoms with E-state index < -0.39 is 41.1 Å². The molecule has 1 aliphatic heterocycles. The molecule has 2 bridgehead atoms. The SMILES string of the molecule is CCc1noc(C)c1C(=O)O[C@H]1C(C)=C[C@]23C(O)[C@@H](C=C4COC(C)(C)O[C@H]4[C@]12O)[C@H]1[C@@H](C[C@H]3C)C1(C)C. The molecule has 3 fully saturated rings. The highest BCUT2D eigenvalue weighted by Crippen LogP contribution is 2.73. The summed E-state index contributed by atoms with van der Waals surface area (Å²) in [5.41, 5.74) is -0.413. The molecule has 208 valence electrons. The topological polar surface area (TPSA) is 111 Å². The standard InChI is InChI=1S/C30H41NO7/c1-9-20-21(16(4)38-31-20)26(33)36-24-14(2)12-29-15(3)10-19-22(27(19,5)6)18(23(29)32)11-17-13-35-28(7,8)37-25(17)30(24,29)34/h11-12,15,18-19,22-25,32,34H,9-10,13H2,1-8H3/t15-,18+,19-,22+,23?,24+,25-,29+,30-/m1/s1. The molecule has 1 aromatic rings. The molecule has 5 aliphatic rings. The van der Waals surface area contributed by atoms with Crippen LogP contribution in [0.4, 0.5) is 0 Å². The van der Waals surface area contributed by atoms with E-state index in [1.165, 1.54) is 0 Å². The van der Waals surface area contributed by atoms with E-state index in [9.17, 15) is 15.0 Å². The second-order valence-corrected chi connectivity index (χ2v) is 13.4. The van der Waals surface area contributed by atoms with Crippen molar-refractivity contribution >= 4 is 5.97 Å². The van der Waals surface area contributed by atoms with Crippen LogP contribution in [0.2, 0.25) is 0 Å². The molecule has 9 atom stereocenters. The summed E-state index contributed by atoms with van der Waals surface area (Å²) in [5.74, 6) is -0.736. The fourth-order valence-electron chi connectivity index (χ4n) is 8.70. The summed E-state index contributed by atoms with van der Waals surface area (Å²) in [6.45, 7) is 16.0. The summed E-state index contributed by atoms with van der Waals surface area (Å²) in [6, 6.07) is 0. The maximum Gasteiger partial charge on any atom is 0.344 e. The smallest absolute Gasteiger partial charge is 0.344 e. The summed E-state index contributed by atoms with van der Waals surface area (Å²) < 4.78 is 24.1. The Morgan fingerprint density at radius 2 is 1.95 bits per heavy atom. The molecule has 1 spiro atoms. The van der Waals surface area contributed by atoms with Crippen LogP contribution in [0.1, 0.15) is 76.7 Å². The number of fused-ring (bicyclic) bond motifs is 5. The highest BCUT2D eigenvalue weighted by Gasteiger charge is 2.77. The minimum atomic E-state index is -1.74. The zero-order valence-corrected chi connectivity index (χ0v) is 23.7. The van der Waals surface area contributed by atoms with Gasteiger partial charge in [-0.3, -0.25) is 0 Å². The molecule has 0 amide bonds. The Balaban J connectivity index is 1.51. The molecule has 0 aromatic carbocycles. The first kappa shape index (κ1) is 26.2. The third-order valence-corrected chi connectivity index (χ3v) is 10.6. The van der Waals surface area contributed by atoms with Gasteiger partial charge in [-0.25, -0.2) is 4.79 Å². The zero-order valence-electron chi connectivity index (χ0n) is 23.7. The van der Waals surface area contributed by atoms with Crippen molar-refractivity contribution in [3.63, 3.8) is 0 Å². The number of ether oxygens (including phenoxy) is 3. The van der Waals surface area contributed by atoms with Crippen molar-refractivity contribution in [3.8, 4) is 0 Å². The van der Waals surface area contributed by atoms with Gasteiger partial charge in [-0.1, -0.05) is 45.0 Å². The predicted octanol–water partition coefficient (Wildman–Crippen LogP) is 4.13. The number of aromatic nitrogens is 1. The van der Waals surface area contributed by atoms with Gasteiger partial charge in [0.05, 0.1) is 23.8 Å². The highest BCUT2D eigenvalue weighted by atomic mass is 16.7. The molecule has 2 heterocycles. The normalized spacial score (nSPS) is 44.0. The predicted molar refractivity (Wildman–Crippen MR) is 138 cm³/mol. The van der Waals surface area contributed by atoms with E-state index in [0.29, 0.717) is 29.4 Å². The average Bonchev–Trinajstić information content (AvgIpc) is 3.11. The van der Waals surface area contributed by atoms with Gasteiger partial charge in [-0.15, -0.1) is 0 Å². The first-order chi connectivity index (χ1) is 17.7. The largest absolute Gasteiger partial charge is 0.451 e. The summed E-state index contributed by atoms with van der Waals surface area (Å²) in [4.78, 5) is 13.6. The number of hydrogen-bond donors (Lipinski definition) is 2. The van der Waals surface area contributed by atoms with Crippen molar-refractivity contribution in [2.24, 2.45) is 34.5 Å². The van der Waals surface area contributed by atoms with E-state index in [-0.39, 0.29) is 35.3 Å². The van der Waals surface area contributed by atoms with Crippen LogP contribution >= 0.6 is 0 Å². The monoisotopic (exact) mass is 527 g/mol. The summed E-state index contributed by atoms with van der Waals surface area (Å²) in [6.07, 6.45) is 2.73. The lowest BCUT2D eigenvalue weighted by molar-refractivity contribution is -0.312. The van der Waals surface area contributed by atoms with E-state index in [2.05, 4.69) is 32.0 Å². The number of carbonyl (C=O) groups excluding carboxylic acids is 1. The van der Waals surface area contributed by atoms with E-state index in [1.807, 2.05) is 33.8 Å². The third kappa shape index (κ3) is 3.17. The molecule has 1 aromatic heterocycles. The Morgan fingerprint density at radius 3 is 2.63 bits per heavy atom. The van der Waals surface area contributed by atoms with Crippen molar-refractivity contribution in [1.29, 1.82) is 0 Å². The van der Waals surface area contributed by atoms with Crippen molar-refractivity contribution in [1.82, 2.24) is 5.16 Å². The lowest BCUT2D eigenvalue weighted by Gasteiger charge is -2.55. The summed E-state index contributed by atoms with van der Waals surface area (Å²) in [5, 5.41) is 29.5. The minimum Gasteiger partial charge on any atom is -0.451 e. The Bertz CT molecular complexity index is 1240. The first-order valence-electron chi connectivity index (χ1n) is 14.0. The number of nitrogens with zero attached hydrogens (tertiary/aromatic N) is 1. The first-order valence-corrected chi connectivity index (χ1v) is 14.0. The van der Waals surface area contributed by atoms with E-state index >= 15 is 0 Å². The molecule has 0 radical (unpaired) electrons. The molecular weight excluding hydrogens is 486 g/mol. The Hall–Kier alpha value is -2.00. The number of aliphatic hydroxyl groups excluding tert-OH is 1. The van der Waals surface area contributed by atoms with Gasteiger partial charge < -0.3 is 28.9 Å². The van der Waals surface area contributed by atoms with Gasteiger partial charge >= 0.3 is 5.97 Å². The van der Waals surface area contributed by atoms with E-state index in [1.54, 1.807) is 6.92 Å². The van der Waals surface area contributed by atoms with Gasteiger partial charge in [0.2, 0.25) is 0 Å². The van der Waals surface area contributed by atoms with Crippen LogP contribution in [0.3, 0.4) is 0 Å². The molecular formula is C30H41NO7. The van der Waals surface area contributed by atoms with Gasteiger partial charge in [-0.05, 0) is 74.9 Å². The number of rotatable bonds is 3. The zero-order chi connectivity index (χ0) is 27.6. The van der Waals surface area contributed by atoms with Gasteiger partial charge in [0.15, 0.2) is 11.9 Å². The Labute approximate surface area is 224 Å². The van der Waals surface area contributed by atoms with Crippen LogP contribution in [0.5, 0.6) is 0 Å². The molecule has 2 N–H and O–H groups in total. The van der Waals surface area contributed by atoms with Gasteiger partial charge in [0, 0.05) is 5.92 Å². The fraction of sp³-hybridized carbons (Fsp3) is 0.733. The number of carbonyl (C=O) groups is 1. The molecule has 2 saturated carbocycles. The van der Waals surface area contributed by atoms with Crippen molar-refractivity contribution in [3.05, 3.63) is 40.3 Å². The number of hydrogen-bond acceptors (Lipinski definition) is 8. The van der Waals surface area contributed by atoms with Crippen molar-refractivity contribution < 1.29 is 33.7 Å². The van der Waals surface area contributed by atoms with Gasteiger partial charge in [0.25, 0.3) is 0 Å². The van der Waals surface area contributed by atoms with Crippen molar-refractivity contribution in [2.75, 3.05) is 6.61 Å². The van der Waals surface area contributed by atoms with E-state index in [4.69, 9.17) is 18.7 Å². The summed E-state index contributed by atoms with van der Waals surface area (Å²) in [7, 11) is 0. The molecule has 6 rings (SSSR count). The van der Waals surface area contributed by atoms with Crippen LogP contribution in [-0.2, 0) is 20.6 Å². The summed E-state index contributed by atoms with van der Waals surface area (Å²) >= 11 is 0. The van der Waals surface area contributed by atoms with Gasteiger partial charge in [0.1, 0.15) is 23.0 Å². The molecule has 1 saturated heterocycles. The molecule has 4 aliphatic carbocycles. The maximum absolute atomic E-state index is 13.6. The average molecular weight is 528 g/mol. The quantitative estimate of drug-likeness (QED) is 0.446. The maximum atomic E-state index is 13.6. The number of esters is 1. The fourth-order valence-corrected chi connectivity index (χ4v) is 8.70. The Morgan fingerprint density at radius 1 is 1.24 bits per heavy atom. The van der Waals surface area contributed by atoms with Crippen LogP contribution < -0.4 is 0 Å². The molecule has 1 unspecified atom stereocenters. The van der Waals surface area contributed by atoms with Gasteiger partial charge in [-0.2, -0.15) is 0 Å². The van der Waals surface area contributed by atoms with Crippen LogP contribution in [0, 0.1) is 41.4 Å². The highest BCUT2D eigenvalue weighted by molar-refractivity contribution is 5.92. The van der Waals surface area contributed by atoms with E-state index in [0.717, 1.165) is 12.0 Å². The minimum absolute atomic E-state index is 0.0914. The molecule has 38 heavy (non-hydrogen) atoms. The second kappa shape index (κ2) is 8.03. The molecule has 8 nitrogen and oxygen atoms in total. The number of aryl methyl sites for hydroxylation is 2. The second-order valence-electron chi connectivity index (χ2n) is 13.4. The lowest BCUT2D eigenvalue weighted by Crippen LogP contribution is -2.69. The Kier molecular flexibility index (Phi) is 5.54.